The summed E-state index contributed by atoms with van der Waals surface area (Å²) >= 11 is 0. The third-order valence-corrected chi connectivity index (χ3v) is 5.01. The van der Waals surface area contributed by atoms with Gasteiger partial charge in [0.2, 0.25) is 11.7 Å². The highest BCUT2D eigenvalue weighted by Crippen LogP contribution is 2.32. The second-order valence-corrected chi connectivity index (χ2v) is 6.95. The molecule has 0 spiro atoms. The van der Waals surface area contributed by atoms with Gasteiger partial charge in [-0.15, -0.1) is 0 Å². The van der Waals surface area contributed by atoms with Crippen LogP contribution in [0.2, 0.25) is 0 Å². The Morgan fingerprint density at radius 2 is 1.76 bits per heavy atom. The van der Waals surface area contributed by atoms with Crippen molar-refractivity contribution in [2.75, 3.05) is 13.1 Å². The molecule has 0 radical (unpaired) electrons. The van der Waals surface area contributed by atoms with Crippen molar-refractivity contribution in [2.45, 2.75) is 18.8 Å². The second kappa shape index (κ2) is 7.69. The standard InChI is InChI=1S/C21H17F4N3O/c1-12(15-9-17(23)19(25)18(24)10-15)28-8-2-3-14(11-28)21-26-20(27-29-21)13-4-6-16(22)7-5-13/h4-7,9-10,14H,1-3,8,11H2/t14-/m0/s1. The summed E-state index contributed by atoms with van der Waals surface area (Å²) in [6.07, 6.45) is 1.57. The lowest BCUT2D eigenvalue weighted by Crippen LogP contribution is -2.33. The minimum atomic E-state index is -1.50. The summed E-state index contributed by atoms with van der Waals surface area (Å²) < 4.78 is 58.8. The van der Waals surface area contributed by atoms with E-state index in [1.807, 2.05) is 4.90 Å². The molecule has 1 fully saturated rings. The normalized spacial score (nSPS) is 16.8. The number of likely N-dealkylation sites (tertiary alicyclic amines) is 1. The smallest absolute Gasteiger partial charge is 0.231 e. The average Bonchev–Trinajstić information content (AvgIpc) is 3.22. The first-order chi connectivity index (χ1) is 13.9. The molecule has 8 heteroatoms. The fraction of sp³-hybridized carbons (Fsp3) is 0.238. The van der Waals surface area contributed by atoms with Crippen LogP contribution in [0.25, 0.3) is 17.1 Å². The number of rotatable bonds is 4. The number of nitrogens with zero attached hydrogens (tertiary/aromatic N) is 3. The lowest BCUT2D eigenvalue weighted by molar-refractivity contribution is 0.250. The van der Waals surface area contributed by atoms with E-state index < -0.39 is 17.5 Å². The summed E-state index contributed by atoms with van der Waals surface area (Å²) in [6.45, 7) is 5.01. The lowest BCUT2D eigenvalue weighted by atomic mass is 9.96. The topological polar surface area (TPSA) is 42.2 Å². The Morgan fingerprint density at radius 1 is 1.07 bits per heavy atom. The summed E-state index contributed by atoms with van der Waals surface area (Å²) in [5.41, 5.74) is 1.21. The Labute approximate surface area is 164 Å². The quantitative estimate of drug-likeness (QED) is 0.447. The summed E-state index contributed by atoms with van der Waals surface area (Å²) in [5.74, 6) is -3.68. The zero-order valence-electron chi connectivity index (χ0n) is 15.3. The molecule has 0 bridgehead atoms. The van der Waals surface area contributed by atoms with E-state index in [-0.39, 0.29) is 17.3 Å². The lowest BCUT2D eigenvalue weighted by Gasteiger charge is -2.34. The van der Waals surface area contributed by atoms with E-state index in [2.05, 4.69) is 16.7 Å². The largest absolute Gasteiger partial charge is 0.371 e. The molecule has 1 aliphatic rings. The van der Waals surface area contributed by atoms with Gasteiger partial charge < -0.3 is 9.42 Å². The van der Waals surface area contributed by atoms with Gasteiger partial charge >= 0.3 is 0 Å². The Hall–Kier alpha value is -3.16. The van der Waals surface area contributed by atoms with Crippen molar-refractivity contribution in [1.82, 2.24) is 15.0 Å². The van der Waals surface area contributed by atoms with Crippen LogP contribution in [0, 0.1) is 23.3 Å². The number of hydrogen-bond acceptors (Lipinski definition) is 4. The van der Waals surface area contributed by atoms with Gasteiger partial charge in [0.05, 0.1) is 5.92 Å². The predicted molar refractivity (Wildman–Crippen MR) is 98.6 cm³/mol. The van der Waals surface area contributed by atoms with Crippen molar-refractivity contribution < 1.29 is 22.1 Å². The first kappa shape index (κ1) is 19.2. The molecule has 2 aromatic carbocycles. The molecule has 29 heavy (non-hydrogen) atoms. The Bertz CT molecular complexity index is 1030. The second-order valence-electron chi connectivity index (χ2n) is 6.95. The molecule has 0 saturated carbocycles. The number of halogens is 4. The number of benzene rings is 2. The molecule has 0 aliphatic carbocycles. The van der Waals surface area contributed by atoms with Crippen molar-refractivity contribution in [1.29, 1.82) is 0 Å². The minimum absolute atomic E-state index is 0.0997. The van der Waals surface area contributed by atoms with Crippen LogP contribution >= 0.6 is 0 Å². The molecule has 0 unspecified atom stereocenters. The minimum Gasteiger partial charge on any atom is -0.371 e. The van der Waals surface area contributed by atoms with Crippen LogP contribution in [0.4, 0.5) is 17.6 Å². The molecule has 0 amide bonds. The zero-order valence-corrected chi connectivity index (χ0v) is 15.3. The van der Waals surface area contributed by atoms with Crippen LogP contribution in [-0.4, -0.2) is 28.1 Å². The van der Waals surface area contributed by atoms with E-state index >= 15 is 0 Å². The van der Waals surface area contributed by atoms with Crippen molar-refractivity contribution in [3.05, 3.63) is 77.7 Å². The van der Waals surface area contributed by atoms with E-state index in [1.54, 1.807) is 12.1 Å². The van der Waals surface area contributed by atoms with Crippen LogP contribution in [0.1, 0.15) is 30.2 Å². The summed E-state index contributed by atoms with van der Waals surface area (Å²) in [5, 5.41) is 3.96. The third-order valence-electron chi connectivity index (χ3n) is 5.01. The van der Waals surface area contributed by atoms with Crippen LogP contribution in [0.15, 0.2) is 47.5 Å². The fourth-order valence-electron chi connectivity index (χ4n) is 3.45. The van der Waals surface area contributed by atoms with Gasteiger partial charge in [-0.1, -0.05) is 11.7 Å². The maximum Gasteiger partial charge on any atom is 0.231 e. The number of aromatic nitrogens is 2. The van der Waals surface area contributed by atoms with E-state index in [0.29, 0.717) is 36.1 Å². The summed E-state index contributed by atoms with van der Waals surface area (Å²) in [6, 6.07) is 7.64. The van der Waals surface area contributed by atoms with Gasteiger partial charge in [0, 0.05) is 29.9 Å². The Morgan fingerprint density at radius 3 is 2.45 bits per heavy atom. The zero-order chi connectivity index (χ0) is 20.5. The first-order valence-corrected chi connectivity index (χ1v) is 9.10. The van der Waals surface area contributed by atoms with Gasteiger partial charge in [0.15, 0.2) is 17.5 Å². The molecule has 1 aliphatic heterocycles. The maximum atomic E-state index is 13.6. The molecule has 1 aromatic heterocycles. The van der Waals surface area contributed by atoms with Crippen LogP contribution in [-0.2, 0) is 0 Å². The highest BCUT2D eigenvalue weighted by molar-refractivity contribution is 5.62. The SMILES string of the molecule is C=C(c1cc(F)c(F)c(F)c1)N1CCC[C@H](c2nc(-c3ccc(F)cc3)no2)C1. The summed E-state index contributed by atoms with van der Waals surface area (Å²) in [4.78, 5) is 6.28. The maximum absolute atomic E-state index is 13.6. The van der Waals surface area contributed by atoms with E-state index in [0.717, 1.165) is 25.0 Å². The van der Waals surface area contributed by atoms with Crippen LogP contribution < -0.4 is 0 Å². The number of hydrogen-bond donors (Lipinski definition) is 0. The van der Waals surface area contributed by atoms with Crippen LogP contribution in [0.5, 0.6) is 0 Å². The molecule has 1 saturated heterocycles. The van der Waals surface area contributed by atoms with Crippen molar-refractivity contribution >= 4 is 5.70 Å². The molecule has 3 aromatic rings. The fourth-order valence-corrected chi connectivity index (χ4v) is 3.45. The van der Waals surface area contributed by atoms with Gasteiger partial charge in [-0.2, -0.15) is 4.98 Å². The predicted octanol–water partition coefficient (Wildman–Crippen LogP) is 5.14. The summed E-state index contributed by atoms with van der Waals surface area (Å²) in [7, 11) is 0. The first-order valence-electron chi connectivity index (χ1n) is 9.10. The molecule has 4 rings (SSSR count). The van der Waals surface area contributed by atoms with Crippen molar-refractivity contribution in [3.63, 3.8) is 0 Å². The molecule has 150 valence electrons. The molecular weight excluding hydrogens is 386 g/mol. The number of piperidine rings is 1. The Balaban J connectivity index is 1.51. The molecule has 0 N–H and O–H groups in total. The van der Waals surface area contributed by atoms with E-state index in [1.165, 1.54) is 12.1 Å². The third kappa shape index (κ3) is 3.87. The molecular formula is C21H17F4N3O. The van der Waals surface area contributed by atoms with Gasteiger partial charge in [-0.05, 0) is 49.2 Å². The van der Waals surface area contributed by atoms with E-state index in [4.69, 9.17) is 4.52 Å². The van der Waals surface area contributed by atoms with Gasteiger partial charge in [-0.25, -0.2) is 17.6 Å². The van der Waals surface area contributed by atoms with Crippen molar-refractivity contribution in [2.24, 2.45) is 0 Å². The molecule has 2 heterocycles. The van der Waals surface area contributed by atoms with Crippen LogP contribution in [0.3, 0.4) is 0 Å². The highest BCUT2D eigenvalue weighted by atomic mass is 19.2. The van der Waals surface area contributed by atoms with Crippen molar-refractivity contribution in [3.8, 4) is 11.4 Å². The Kier molecular flexibility index (Phi) is 5.08. The van der Waals surface area contributed by atoms with Gasteiger partial charge in [0.25, 0.3) is 0 Å². The molecule has 4 nitrogen and oxygen atoms in total. The van der Waals surface area contributed by atoms with E-state index in [9.17, 15) is 17.6 Å². The average molecular weight is 403 g/mol. The highest BCUT2D eigenvalue weighted by Gasteiger charge is 2.28. The van der Waals surface area contributed by atoms with Gasteiger partial charge in [0.1, 0.15) is 5.82 Å². The molecule has 1 atom stereocenters. The van der Waals surface area contributed by atoms with Gasteiger partial charge in [-0.3, -0.25) is 0 Å². The monoisotopic (exact) mass is 403 g/mol.